The molecule has 0 radical (unpaired) electrons. The van der Waals surface area contributed by atoms with Crippen LogP contribution >= 0.6 is 7.82 Å². The number of anilines is 3. The van der Waals surface area contributed by atoms with E-state index in [1.54, 1.807) is 6.92 Å². The Kier molecular flexibility index (Phi) is 6.60. The molecule has 1 fully saturated rings. The lowest BCUT2D eigenvalue weighted by atomic mass is 10.2. The summed E-state index contributed by atoms with van der Waals surface area (Å²) in [6.07, 6.45) is -0.251. The van der Waals surface area contributed by atoms with Gasteiger partial charge in [0.1, 0.15) is 23.5 Å². The number of carbonyl (C=O) groups is 1. The monoisotopic (exact) mass is 599 g/mol. The summed E-state index contributed by atoms with van der Waals surface area (Å²) in [5, 5.41) is 10.6. The number of phosphoric acid groups is 1. The predicted molar refractivity (Wildman–Crippen MR) is 148 cm³/mol. The van der Waals surface area contributed by atoms with E-state index in [4.69, 9.17) is 25.2 Å². The van der Waals surface area contributed by atoms with Crippen molar-refractivity contribution in [3.8, 4) is 0 Å². The van der Waals surface area contributed by atoms with Crippen LogP contribution in [0.15, 0.2) is 29.3 Å². The third-order valence-corrected chi connectivity index (χ3v) is 7.56. The number of nitrogen functional groups attached to an aromatic ring is 1. The number of aryl methyl sites for hydroxylation is 2. The first-order chi connectivity index (χ1) is 19.8. The van der Waals surface area contributed by atoms with Gasteiger partial charge in [0.15, 0.2) is 16.8 Å². The number of nitrogens with one attached hydrogen (secondary N) is 1. The van der Waals surface area contributed by atoms with Crippen LogP contribution in [0.3, 0.4) is 0 Å². The van der Waals surface area contributed by atoms with Crippen LogP contribution in [-0.2, 0) is 18.6 Å². The highest BCUT2D eigenvalue weighted by Gasteiger charge is 2.40. The summed E-state index contributed by atoms with van der Waals surface area (Å²) in [7, 11) is -4.85. The molecule has 0 bridgehead atoms. The summed E-state index contributed by atoms with van der Waals surface area (Å²) in [6.45, 7) is 4.38. The molecule has 42 heavy (non-hydrogen) atoms. The maximum absolute atomic E-state index is 13.3. The fourth-order valence-corrected chi connectivity index (χ4v) is 5.50. The number of fused-ring (bicyclic) bond motifs is 4. The Morgan fingerprint density at radius 1 is 1.24 bits per heavy atom. The number of aromatic nitrogens is 7. The van der Waals surface area contributed by atoms with Gasteiger partial charge in [-0.15, -0.1) is 0 Å². The van der Waals surface area contributed by atoms with Crippen molar-refractivity contribution in [3.05, 3.63) is 46.0 Å². The first-order valence-corrected chi connectivity index (χ1v) is 14.2. The first-order valence-electron chi connectivity index (χ1n) is 12.7. The Bertz CT molecular complexity index is 2000. The summed E-state index contributed by atoms with van der Waals surface area (Å²) >= 11 is 0. The second-order valence-electron chi connectivity index (χ2n) is 9.92. The van der Waals surface area contributed by atoms with Gasteiger partial charge in [0, 0.05) is 25.1 Å². The molecule has 17 nitrogen and oxygen atoms in total. The molecular weight excluding hydrogens is 573 g/mol. The Morgan fingerprint density at radius 2 is 2.00 bits per heavy atom. The van der Waals surface area contributed by atoms with Crippen LogP contribution in [0, 0.1) is 13.8 Å². The maximum atomic E-state index is 13.3. The van der Waals surface area contributed by atoms with E-state index in [2.05, 4.69) is 24.5 Å². The molecule has 6 N–H and O–H groups in total. The minimum Gasteiger partial charge on any atom is -0.390 e. The van der Waals surface area contributed by atoms with E-state index < -0.39 is 44.3 Å². The zero-order valence-corrected chi connectivity index (χ0v) is 23.4. The van der Waals surface area contributed by atoms with Gasteiger partial charge in [0.25, 0.3) is 5.56 Å². The second kappa shape index (κ2) is 9.94. The van der Waals surface area contributed by atoms with Crippen molar-refractivity contribution >= 4 is 59.3 Å². The first kappa shape index (κ1) is 27.9. The number of nitrogens with two attached hydrogens (primary N) is 1. The van der Waals surface area contributed by atoms with Gasteiger partial charge in [-0.2, -0.15) is 4.98 Å². The molecule has 5 aromatic rings. The lowest BCUT2D eigenvalue weighted by Crippen LogP contribution is -2.29. The number of aromatic amines is 1. The lowest BCUT2D eigenvalue weighted by molar-refractivity contribution is -0.116. The van der Waals surface area contributed by atoms with Crippen molar-refractivity contribution in [1.29, 1.82) is 0 Å². The van der Waals surface area contributed by atoms with Crippen LogP contribution in [0.1, 0.15) is 30.7 Å². The molecule has 220 valence electrons. The Morgan fingerprint density at radius 3 is 2.71 bits per heavy atom. The lowest BCUT2D eigenvalue weighted by Gasteiger charge is -2.25. The Labute approximate surface area is 235 Å². The molecule has 1 aliphatic rings. The number of H-pyrrole nitrogens is 1. The van der Waals surface area contributed by atoms with Crippen molar-refractivity contribution in [2.45, 2.75) is 45.6 Å². The molecule has 6 heterocycles. The van der Waals surface area contributed by atoms with E-state index in [-0.39, 0.29) is 29.5 Å². The minimum absolute atomic E-state index is 0.0405. The molecule has 1 amide bonds. The molecule has 1 saturated heterocycles. The van der Waals surface area contributed by atoms with Crippen LogP contribution in [0.5, 0.6) is 0 Å². The number of phosphoric ester groups is 1. The molecule has 1 aliphatic heterocycles. The van der Waals surface area contributed by atoms with E-state index in [1.807, 2.05) is 29.7 Å². The molecule has 0 aliphatic carbocycles. The minimum atomic E-state index is -4.85. The molecule has 0 spiro atoms. The fraction of sp³-hybridized carbons (Fsp3) is 0.333. The largest absolute Gasteiger partial charge is 0.469 e. The quantitative estimate of drug-likeness (QED) is 0.171. The van der Waals surface area contributed by atoms with E-state index in [0.29, 0.717) is 28.1 Å². The molecule has 5 aromatic heterocycles. The van der Waals surface area contributed by atoms with E-state index in [0.717, 1.165) is 5.56 Å². The molecular formula is C24H26N9O8P. The van der Waals surface area contributed by atoms with Crippen molar-refractivity contribution < 1.29 is 33.5 Å². The summed E-state index contributed by atoms with van der Waals surface area (Å²) in [5.74, 6) is -0.812. The highest BCUT2D eigenvalue weighted by atomic mass is 31.2. The standard InChI is InChI=1S/C24H26N9O8P/c1-10-5-4-6-31-19(10)27-17-11(2)13(8-26-20(17)31)32(12(3)34)24-28-18-21(29-23(25)30-22(18)36)33(24)16-7-14(35)15(41-16)9-40-42(37,38)39/h4-6,8,14-16,35H,7,9H2,1-3H3,(H2,37,38,39)(H3,25,29,30,36)/t14-,15+,16+/m0/s1. The van der Waals surface area contributed by atoms with Crippen molar-refractivity contribution in [2.24, 2.45) is 0 Å². The fourth-order valence-electron chi connectivity index (χ4n) is 5.16. The van der Waals surface area contributed by atoms with Gasteiger partial charge in [-0.3, -0.25) is 28.1 Å². The number of carbonyl (C=O) groups excluding carboxylic acids is 1. The third-order valence-electron chi connectivity index (χ3n) is 7.07. The van der Waals surface area contributed by atoms with Gasteiger partial charge < -0.3 is 25.4 Å². The molecule has 0 aromatic carbocycles. The summed E-state index contributed by atoms with van der Waals surface area (Å²) in [4.78, 5) is 65.9. The van der Waals surface area contributed by atoms with Gasteiger partial charge in [0.2, 0.25) is 17.8 Å². The SMILES string of the molecule is CC(=O)N(c1cnc2c(nc3c(C)cccn32)c1C)c1nc2c(=O)[nH]c(N)nc2n1[C@H]1C[C@H](O)[C@@H](COP(=O)(O)O)O1. The molecule has 18 heteroatoms. The molecule has 6 rings (SSSR count). The number of hydrogen-bond donors (Lipinski definition) is 5. The average molecular weight is 600 g/mol. The smallest absolute Gasteiger partial charge is 0.390 e. The normalized spacial score (nSPS) is 19.3. The number of imidazole rings is 2. The highest BCUT2D eigenvalue weighted by Crippen LogP contribution is 2.41. The summed E-state index contributed by atoms with van der Waals surface area (Å²) in [5.41, 5.74) is 8.61. The Balaban J connectivity index is 1.53. The van der Waals surface area contributed by atoms with Crippen LogP contribution < -0.4 is 16.2 Å². The number of nitrogens with zero attached hydrogens (tertiary/aromatic N) is 7. The molecule has 0 unspecified atom stereocenters. The number of aliphatic hydroxyl groups excluding tert-OH is 1. The maximum Gasteiger partial charge on any atom is 0.469 e. The summed E-state index contributed by atoms with van der Waals surface area (Å²) in [6, 6.07) is 3.80. The van der Waals surface area contributed by atoms with Crippen LogP contribution in [0.4, 0.5) is 17.6 Å². The summed E-state index contributed by atoms with van der Waals surface area (Å²) < 4.78 is 24.8. The molecule has 3 atom stereocenters. The van der Waals surface area contributed by atoms with Crippen LogP contribution in [-0.4, -0.2) is 73.5 Å². The van der Waals surface area contributed by atoms with Gasteiger partial charge in [-0.25, -0.2) is 24.4 Å². The van der Waals surface area contributed by atoms with Gasteiger partial charge in [-0.1, -0.05) is 6.07 Å². The van der Waals surface area contributed by atoms with Gasteiger partial charge in [0.05, 0.1) is 24.6 Å². The number of amides is 1. The number of hydrogen-bond acceptors (Lipinski definition) is 11. The van der Waals surface area contributed by atoms with Crippen LogP contribution in [0.25, 0.3) is 28.0 Å². The van der Waals surface area contributed by atoms with E-state index in [1.165, 1.54) is 22.6 Å². The average Bonchev–Trinajstić information content (AvgIpc) is 3.58. The number of aliphatic hydroxyl groups is 1. The number of pyridine rings is 2. The Hall–Kier alpha value is -4.25. The number of rotatable bonds is 6. The van der Waals surface area contributed by atoms with E-state index in [9.17, 15) is 19.3 Å². The second-order valence-corrected chi connectivity index (χ2v) is 11.2. The predicted octanol–water partition coefficient (Wildman–Crippen LogP) is 0.957. The van der Waals surface area contributed by atoms with Gasteiger partial charge in [-0.05, 0) is 25.5 Å². The van der Waals surface area contributed by atoms with Crippen LogP contribution in [0.2, 0.25) is 0 Å². The van der Waals surface area contributed by atoms with Crippen molar-refractivity contribution in [1.82, 2.24) is 33.9 Å². The highest BCUT2D eigenvalue weighted by molar-refractivity contribution is 7.46. The van der Waals surface area contributed by atoms with Gasteiger partial charge >= 0.3 is 7.82 Å². The zero-order chi connectivity index (χ0) is 30.1. The van der Waals surface area contributed by atoms with Crippen molar-refractivity contribution in [3.63, 3.8) is 0 Å². The third kappa shape index (κ3) is 4.61. The molecule has 0 saturated carbocycles. The topological polar surface area (TPSA) is 236 Å². The van der Waals surface area contributed by atoms with Crippen molar-refractivity contribution in [2.75, 3.05) is 17.2 Å². The number of ether oxygens (including phenoxy) is 1. The zero-order valence-electron chi connectivity index (χ0n) is 22.5. The van der Waals surface area contributed by atoms with E-state index >= 15 is 0 Å².